The predicted octanol–water partition coefficient (Wildman–Crippen LogP) is 0.816. The second-order valence-electron chi connectivity index (χ2n) is 1.23. The van der Waals surface area contributed by atoms with Gasteiger partial charge in [0, 0.05) is 11.0 Å². The van der Waals surface area contributed by atoms with Crippen LogP contribution in [-0.2, 0) is 4.79 Å². The molecule has 0 aromatic rings. The first-order valence-corrected chi connectivity index (χ1v) is 2.19. The van der Waals surface area contributed by atoms with Gasteiger partial charge in [-0.05, 0) is 6.42 Å². The first kappa shape index (κ1) is 3.22. The number of rotatable bonds is 2. The number of oxime groups is 1. The van der Waals surface area contributed by atoms with Gasteiger partial charge in [-0.25, -0.2) is 0 Å². The fourth-order valence-electron chi connectivity index (χ4n) is 0.277. The van der Waals surface area contributed by atoms with Gasteiger partial charge in [-0.3, -0.25) is 4.79 Å². The maximum atomic E-state index is 10.8. The van der Waals surface area contributed by atoms with E-state index in [9.17, 15) is 4.79 Å². The zero-order valence-electron chi connectivity index (χ0n) is 7.51. The number of carbonyl (C=O) groups excluding carboxylic acids is 1. The van der Waals surface area contributed by atoms with E-state index in [4.69, 9.17) is 9.32 Å². The quantitative estimate of drug-likeness (QED) is 0.331. The van der Waals surface area contributed by atoms with E-state index in [2.05, 4.69) is 5.16 Å². The first-order valence-electron chi connectivity index (χ1n) is 3.69. The monoisotopic (exact) mass is 118 g/mol. The van der Waals surface area contributed by atoms with Crippen molar-refractivity contribution in [1.82, 2.24) is 0 Å². The van der Waals surface area contributed by atoms with Crippen LogP contribution in [0, 0.1) is 0 Å². The summed E-state index contributed by atoms with van der Waals surface area (Å²) >= 11 is 0. The van der Waals surface area contributed by atoms with Gasteiger partial charge in [0.1, 0.15) is 5.71 Å². The van der Waals surface area contributed by atoms with Crippen LogP contribution in [0.25, 0.3) is 0 Å². The minimum absolute atomic E-state index is 0.119. The van der Waals surface area contributed by atoms with Gasteiger partial charge in [0.25, 0.3) is 0 Å². The van der Waals surface area contributed by atoms with Crippen molar-refractivity contribution < 1.29 is 14.1 Å². The molecule has 0 aromatic heterocycles. The molecule has 0 fully saturated rings. The van der Waals surface area contributed by atoms with Crippen LogP contribution in [0.1, 0.15) is 24.3 Å². The summed E-state index contributed by atoms with van der Waals surface area (Å²) in [6, 6.07) is 0. The van der Waals surface area contributed by atoms with Crippen molar-refractivity contribution in [3.05, 3.63) is 0 Å². The van der Waals surface area contributed by atoms with Gasteiger partial charge in [0.05, 0.1) is 0 Å². The first-order chi connectivity index (χ1) is 4.93. The lowest BCUT2D eigenvalue weighted by Crippen LogP contribution is -2.07. The number of ketones is 1. The van der Waals surface area contributed by atoms with Crippen molar-refractivity contribution in [1.29, 1.82) is 0 Å². The predicted molar refractivity (Wildman–Crippen MR) is 30.2 cm³/mol. The minimum Gasteiger partial charge on any atom is -0.411 e. The molecule has 0 atom stereocenters. The van der Waals surface area contributed by atoms with Crippen molar-refractivity contribution >= 4 is 11.5 Å². The highest BCUT2D eigenvalue weighted by Crippen LogP contribution is 1.84. The SMILES string of the molecule is [2H]C([2H])([2H])C(=O)/C(CC)=N\O. The van der Waals surface area contributed by atoms with E-state index >= 15 is 0 Å². The van der Waals surface area contributed by atoms with Crippen LogP contribution in [0.5, 0.6) is 0 Å². The van der Waals surface area contributed by atoms with E-state index in [-0.39, 0.29) is 12.1 Å². The zero-order chi connectivity index (χ0) is 9.07. The van der Waals surface area contributed by atoms with Crippen LogP contribution >= 0.6 is 0 Å². The Morgan fingerprint density at radius 1 is 2.00 bits per heavy atom. The van der Waals surface area contributed by atoms with Crippen LogP contribution in [0.3, 0.4) is 0 Å². The van der Waals surface area contributed by atoms with E-state index < -0.39 is 12.6 Å². The maximum Gasteiger partial charge on any atom is 0.177 e. The molecule has 0 spiro atoms. The molecule has 0 unspecified atom stereocenters. The minimum atomic E-state index is -2.70. The standard InChI is InChI=1S/C5H9NO2/c1-3-5(6-8)4(2)7/h8H,3H2,1-2H3/b6-5-/i2D3. The lowest BCUT2D eigenvalue weighted by molar-refractivity contribution is -0.111. The molecule has 0 bridgehead atoms. The van der Waals surface area contributed by atoms with Crippen molar-refractivity contribution in [3.63, 3.8) is 0 Å². The average Bonchev–Trinajstić information content (AvgIpc) is 1.88. The number of hydrogen-bond donors (Lipinski definition) is 1. The second kappa shape index (κ2) is 3.18. The molecule has 0 amide bonds. The van der Waals surface area contributed by atoms with Crippen molar-refractivity contribution in [3.8, 4) is 0 Å². The second-order valence-corrected chi connectivity index (χ2v) is 1.23. The molecule has 0 heterocycles. The molecular weight excluding hydrogens is 106 g/mol. The number of Topliss-reactive ketones (excluding diaryl/α,β-unsaturated/α-hetero) is 1. The van der Waals surface area contributed by atoms with Crippen LogP contribution in [0.4, 0.5) is 0 Å². The largest absolute Gasteiger partial charge is 0.411 e. The van der Waals surface area contributed by atoms with Gasteiger partial charge < -0.3 is 5.21 Å². The summed E-state index contributed by atoms with van der Waals surface area (Å²) in [6.45, 7) is -1.16. The summed E-state index contributed by atoms with van der Waals surface area (Å²) in [7, 11) is 0. The van der Waals surface area contributed by atoms with E-state index in [0.29, 0.717) is 0 Å². The lowest BCUT2D eigenvalue weighted by atomic mass is 10.2. The van der Waals surface area contributed by atoms with Gasteiger partial charge in [-0.1, -0.05) is 12.1 Å². The van der Waals surface area contributed by atoms with E-state index in [0.717, 1.165) is 0 Å². The summed E-state index contributed by atoms with van der Waals surface area (Å²) in [5, 5.41) is 10.8. The fourth-order valence-corrected chi connectivity index (χ4v) is 0.277. The molecule has 0 aliphatic carbocycles. The van der Waals surface area contributed by atoms with Crippen molar-refractivity contribution in [2.75, 3.05) is 0 Å². The van der Waals surface area contributed by atoms with Crippen LogP contribution < -0.4 is 0 Å². The average molecular weight is 118 g/mol. The van der Waals surface area contributed by atoms with Gasteiger partial charge in [0.2, 0.25) is 0 Å². The summed E-state index contributed by atoms with van der Waals surface area (Å²) in [5.41, 5.74) is -0.315. The van der Waals surface area contributed by atoms with Crippen molar-refractivity contribution in [2.45, 2.75) is 20.2 Å². The smallest absolute Gasteiger partial charge is 0.177 e. The molecule has 46 valence electrons. The molecule has 1 N–H and O–H groups in total. The van der Waals surface area contributed by atoms with Crippen LogP contribution in [0.2, 0.25) is 0 Å². The molecule has 0 radical (unpaired) electrons. The molecule has 0 saturated carbocycles. The van der Waals surface area contributed by atoms with Crippen LogP contribution in [-0.4, -0.2) is 16.7 Å². The topological polar surface area (TPSA) is 49.7 Å². The molecule has 8 heavy (non-hydrogen) atoms. The zero-order valence-corrected chi connectivity index (χ0v) is 4.51. The van der Waals surface area contributed by atoms with E-state index in [1.807, 2.05) is 0 Å². The Morgan fingerprint density at radius 2 is 2.62 bits per heavy atom. The fraction of sp³-hybridized carbons (Fsp3) is 0.600. The molecular formula is C5H9NO2. The summed E-state index contributed by atoms with van der Waals surface area (Å²) in [5.74, 6) is -1.09. The van der Waals surface area contributed by atoms with E-state index in [1.54, 1.807) is 6.92 Å². The van der Waals surface area contributed by atoms with Gasteiger partial charge >= 0.3 is 0 Å². The highest BCUT2D eigenvalue weighted by atomic mass is 16.4. The van der Waals surface area contributed by atoms with E-state index in [1.165, 1.54) is 0 Å². The number of hydrogen-bond acceptors (Lipinski definition) is 3. The molecule has 0 aromatic carbocycles. The molecule has 3 nitrogen and oxygen atoms in total. The summed E-state index contributed by atoms with van der Waals surface area (Å²) in [4.78, 5) is 10.8. The van der Waals surface area contributed by atoms with Crippen molar-refractivity contribution in [2.24, 2.45) is 5.16 Å². The Bertz CT molecular complexity index is 185. The normalized spacial score (nSPS) is 18.6. The Kier molecular flexibility index (Phi) is 1.28. The molecule has 3 heteroatoms. The Morgan fingerprint density at radius 3 is 2.75 bits per heavy atom. The molecule has 0 saturated heterocycles. The molecule has 0 aliphatic rings. The van der Waals surface area contributed by atoms with Gasteiger partial charge in [0.15, 0.2) is 5.78 Å². The number of carbonyl (C=O) groups is 1. The number of nitrogens with zero attached hydrogens (tertiary/aromatic N) is 1. The summed E-state index contributed by atoms with van der Waals surface area (Å²) < 4.78 is 20.0. The van der Waals surface area contributed by atoms with Gasteiger partial charge in [-0.2, -0.15) is 0 Å². The maximum absolute atomic E-state index is 10.8. The lowest BCUT2D eigenvalue weighted by Gasteiger charge is -1.89. The Hall–Kier alpha value is -0.860. The van der Waals surface area contributed by atoms with Gasteiger partial charge in [-0.15, -0.1) is 0 Å². The third-order valence-corrected chi connectivity index (χ3v) is 0.718. The third-order valence-electron chi connectivity index (χ3n) is 0.718. The third kappa shape index (κ3) is 1.73. The Balaban J connectivity index is 4.49. The Labute approximate surface area is 52.2 Å². The molecule has 0 aliphatic heterocycles. The molecule has 0 rings (SSSR count). The highest BCUT2D eigenvalue weighted by Gasteiger charge is 2.00. The van der Waals surface area contributed by atoms with Crippen LogP contribution in [0.15, 0.2) is 5.16 Å². The highest BCUT2D eigenvalue weighted by molar-refractivity contribution is 6.38. The summed E-state index contributed by atoms with van der Waals surface area (Å²) in [6.07, 6.45) is 0.119.